The molecule has 22 heavy (non-hydrogen) atoms. The number of rotatable bonds is 11. The van der Waals surface area contributed by atoms with Crippen LogP contribution in [0, 0.1) is 0 Å². The van der Waals surface area contributed by atoms with Crippen molar-refractivity contribution in [2.45, 2.75) is 0 Å². The normalized spacial score (nSPS) is 11.8. The van der Waals surface area contributed by atoms with Crippen LogP contribution in [0.15, 0.2) is 35.0 Å². The summed E-state index contributed by atoms with van der Waals surface area (Å²) < 4.78 is 0. The maximum Gasteiger partial charge on any atom is 0.0924 e. The van der Waals surface area contributed by atoms with Crippen molar-refractivity contribution >= 4 is 12.4 Å². The summed E-state index contributed by atoms with van der Waals surface area (Å²) in [5.74, 6) is 0. The third-order valence-corrected chi connectivity index (χ3v) is 2.81. The highest BCUT2D eigenvalue weighted by atomic mass is 15.0. The van der Waals surface area contributed by atoms with Crippen molar-refractivity contribution in [3.63, 3.8) is 0 Å². The fraction of sp³-hybridized carbons (Fsp3) is 0.429. The second-order valence-electron chi connectivity index (χ2n) is 4.58. The van der Waals surface area contributed by atoms with E-state index in [1.165, 1.54) is 0 Å². The van der Waals surface area contributed by atoms with Gasteiger partial charge in [0.25, 0.3) is 0 Å². The maximum atomic E-state index is 4.29. The van der Waals surface area contributed by atoms with Crippen LogP contribution >= 0.6 is 0 Å². The summed E-state index contributed by atoms with van der Waals surface area (Å²) in [5.41, 5.74) is 1.86. The molecule has 0 spiro atoms. The van der Waals surface area contributed by atoms with Crippen LogP contribution in [0.4, 0.5) is 0 Å². The van der Waals surface area contributed by atoms with E-state index in [1.807, 2.05) is 0 Å². The molecule has 2 heterocycles. The van der Waals surface area contributed by atoms with E-state index in [1.54, 1.807) is 37.5 Å². The molecule has 0 aliphatic carbocycles. The van der Waals surface area contributed by atoms with Gasteiger partial charge in [-0.2, -0.15) is 0 Å². The smallest absolute Gasteiger partial charge is 0.0924 e. The Labute approximate surface area is 129 Å². The lowest BCUT2D eigenvalue weighted by Gasteiger charge is -2.03. The molecule has 0 aliphatic rings. The van der Waals surface area contributed by atoms with Crippen LogP contribution in [0.1, 0.15) is 11.4 Å². The molecule has 8 heteroatoms. The highest BCUT2D eigenvalue weighted by Gasteiger charge is 1.89. The summed E-state index contributed by atoms with van der Waals surface area (Å²) in [6.07, 6.45) is 10.4. The van der Waals surface area contributed by atoms with Gasteiger partial charge in [-0.1, -0.05) is 0 Å². The van der Waals surface area contributed by atoms with Gasteiger partial charge in [0.1, 0.15) is 0 Å². The van der Waals surface area contributed by atoms with Gasteiger partial charge >= 0.3 is 0 Å². The molecule has 0 unspecified atom stereocenters. The van der Waals surface area contributed by atoms with E-state index < -0.39 is 0 Å². The largest absolute Gasteiger partial charge is 0.344 e. The van der Waals surface area contributed by atoms with Crippen LogP contribution in [0.2, 0.25) is 0 Å². The molecule has 0 atom stereocenters. The molecule has 4 N–H and O–H groups in total. The molecular formula is C14H22N8. The van der Waals surface area contributed by atoms with E-state index in [-0.39, 0.29) is 0 Å². The zero-order valence-electron chi connectivity index (χ0n) is 12.5. The van der Waals surface area contributed by atoms with Gasteiger partial charge in [-0.15, -0.1) is 0 Å². The molecule has 0 aromatic carbocycles. The molecule has 2 aromatic rings. The molecular weight excluding hydrogens is 280 g/mol. The van der Waals surface area contributed by atoms with Gasteiger partial charge in [0.15, 0.2) is 0 Å². The quantitative estimate of drug-likeness (QED) is 0.342. The summed E-state index contributed by atoms with van der Waals surface area (Å²) in [7, 11) is 0. The first-order valence-electron chi connectivity index (χ1n) is 7.33. The van der Waals surface area contributed by atoms with E-state index in [4.69, 9.17) is 0 Å². The highest BCUT2D eigenvalue weighted by molar-refractivity contribution is 5.76. The fourth-order valence-electron chi connectivity index (χ4n) is 1.71. The predicted molar refractivity (Wildman–Crippen MR) is 87.8 cm³/mol. The number of imidazole rings is 2. The molecule has 8 nitrogen and oxygen atoms in total. The lowest BCUT2D eigenvalue weighted by Crippen LogP contribution is -2.30. The van der Waals surface area contributed by atoms with Crippen LogP contribution in [-0.2, 0) is 0 Å². The van der Waals surface area contributed by atoms with E-state index in [0.29, 0.717) is 0 Å². The standard InChI is InChI=1S/C14H22N8/c1(15-3-5-17-7-13-9-19-11-21-13)2-16-4-6-18-8-14-10-20-12-22-14/h7-12,15-16H,1-6H2,(H,19,21)(H,20,22). The average molecular weight is 302 g/mol. The lowest BCUT2D eigenvalue weighted by atomic mass is 10.5. The van der Waals surface area contributed by atoms with E-state index >= 15 is 0 Å². The Morgan fingerprint density at radius 2 is 1.32 bits per heavy atom. The van der Waals surface area contributed by atoms with Crippen molar-refractivity contribution in [1.29, 1.82) is 0 Å². The maximum absolute atomic E-state index is 4.29. The van der Waals surface area contributed by atoms with E-state index in [0.717, 1.165) is 50.7 Å². The zero-order chi connectivity index (χ0) is 15.3. The van der Waals surface area contributed by atoms with Gasteiger partial charge < -0.3 is 20.6 Å². The minimum absolute atomic E-state index is 0.757. The molecule has 118 valence electrons. The third kappa shape index (κ3) is 6.91. The van der Waals surface area contributed by atoms with Crippen molar-refractivity contribution in [3.05, 3.63) is 36.4 Å². The Morgan fingerprint density at radius 1 is 0.818 bits per heavy atom. The van der Waals surface area contributed by atoms with Crippen molar-refractivity contribution in [2.75, 3.05) is 39.3 Å². The molecule has 0 fully saturated rings. The number of aromatic nitrogens is 4. The Morgan fingerprint density at radius 3 is 1.73 bits per heavy atom. The topological polar surface area (TPSA) is 106 Å². The van der Waals surface area contributed by atoms with Gasteiger partial charge in [-0.25, -0.2) is 9.97 Å². The lowest BCUT2D eigenvalue weighted by molar-refractivity contribution is 0.619. The van der Waals surface area contributed by atoms with Crippen molar-refractivity contribution < 1.29 is 0 Å². The molecule has 0 amide bonds. The number of nitrogens with zero attached hydrogens (tertiary/aromatic N) is 4. The van der Waals surface area contributed by atoms with Crippen LogP contribution in [0.25, 0.3) is 0 Å². The van der Waals surface area contributed by atoms with Crippen LogP contribution in [0.5, 0.6) is 0 Å². The predicted octanol–water partition coefficient (Wildman–Crippen LogP) is -0.150. The Balaban J connectivity index is 1.37. The SMILES string of the molecule is C(=NCCNCCNCCN=Cc1cnc[nH]1)c1cnc[nH]1. The first-order valence-corrected chi connectivity index (χ1v) is 7.33. The van der Waals surface area contributed by atoms with E-state index in [2.05, 4.69) is 40.6 Å². The van der Waals surface area contributed by atoms with Gasteiger partial charge in [-0.3, -0.25) is 9.98 Å². The first kappa shape index (κ1) is 16.1. The monoisotopic (exact) mass is 302 g/mol. The van der Waals surface area contributed by atoms with Crippen molar-refractivity contribution in [3.8, 4) is 0 Å². The van der Waals surface area contributed by atoms with Crippen LogP contribution < -0.4 is 10.6 Å². The second kappa shape index (κ2) is 10.4. The Hall–Kier alpha value is -2.32. The number of hydrogen-bond acceptors (Lipinski definition) is 6. The number of hydrogen-bond donors (Lipinski definition) is 4. The molecule has 0 bridgehead atoms. The number of aromatic amines is 2. The molecule has 0 saturated heterocycles. The minimum atomic E-state index is 0.757. The summed E-state index contributed by atoms with van der Waals surface area (Å²) in [5, 5.41) is 6.65. The first-order chi connectivity index (χ1) is 10.9. The Kier molecular flexibility index (Phi) is 7.60. The number of nitrogens with one attached hydrogen (secondary N) is 4. The van der Waals surface area contributed by atoms with Gasteiger partial charge in [0, 0.05) is 38.6 Å². The summed E-state index contributed by atoms with van der Waals surface area (Å²) in [4.78, 5) is 22.4. The Bertz CT molecular complexity index is 479. The molecule has 0 saturated carbocycles. The van der Waals surface area contributed by atoms with Crippen LogP contribution in [-0.4, -0.2) is 71.6 Å². The second-order valence-corrected chi connectivity index (χ2v) is 4.58. The molecule has 0 radical (unpaired) electrons. The third-order valence-electron chi connectivity index (χ3n) is 2.81. The molecule has 2 rings (SSSR count). The molecule has 0 aliphatic heterocycles. The molecule has 2 aromatic heterocycles. The zero-order valence-corrected chi connectivity index (χ0v) is 12.5. The van der Waals surface area contributed by atoms with Gasteiger partial charge in [-0.05, 0) is 0 Å². The number of H-pyrrole nitrogens is 2. The minimum Gasteiger partial charge on any atom is -0.344 e. The summed E-state index contributed by atoms with van der Waals surface area (Å²) in [6.45, 7) is 5.09. The summed E-state index contributed by atoms with van der Waals surface area (Å²) >= 11 is 0. The van der Waals surface area contributed by atoms with Crippen molar-refractivity contribution in [2.24, 2.45) is 9.98 Å². The number of aliphatic imine (C=N–C) groups is 2. The highest BCUT2D eigenvalue weighted by Crippen LogP contribution is 1.85. The fourth-order valence-corrected chi connectivity index (χ4v) is 1.71. The summed E-state index contributed by atoms with van der Waals surface area (Å²) in [6, 6.07) is 0. The van der Waals surface area contributed by atoms with Crippen LogP contribution in [0.3, 0.4) is 0 Å². The average Bonchev–Trinajstić information content (AvgIpc) is 3.21. The van der Waals surface area contributed by atoms with Crippen molar-refractivity contribution in [1.82, 2.24) is 30.6 Å². The van der Waals surface area contributed by atoms with Gasteiger partial charge in [0.2, 0.25) is 0 Å². The van der Waals surface area contributed by atoms with E-state index in [9.17, 15) is 0 Å². The van der Waals surface area contributed by atoms with Gasteiger partial charge in [0.05, 0.1) is 49.5 Å².